The molecule has 0 bridgehead atoms. The van der Waals surface area contributed by atoms with E-state index in [2.05, 4.69) is 13.5 Å². The zero-order chi connectivity index (χ0) is 20.5. The van der Waals surface area contributed by atoms with E-state index < -0.39 is 24.2 Å². The van der Waals surface area contributed by atoms with Crippen LogP contribution in [0, 0.1) is 0 Å². The fourth-order valence-corrected chi connectivity index (χ4v) is 2.56. The van der Waals surface area contributed by atoms with Crippen LogP contribution >= 0.6 is 0 Å². The minimum Gasteiger partial charge on any atom is -0.423 e. The van der Waals surface area contributed by atoms with Crippen LogP contribution in [0.25, 0.3) is 11.7 Å². The Balaban J connectivity index is 2.10. The molecular formula is C23H24F2O3. The zero-order valence-electron chi connectivity index (χ0n) is 15.9. The summed E-state index contributed by atoms with van der Waals surface area (Å²) in [6.07, 6.45) is 4.27. The average molecular weight is 386 g/mol. The van der Waals surface area contributed by atoms with Crippen molar-refractivity contribution in [1.82, 2.24) is 0 Å². The second-order valence-corrected chi connectivity index (χ2v) is 6.46. The molecule has 0 aliphatic heterocycles. The lowest BCUT2D eigenvalue weighted by atomic mass is 10.0. The summed E-state index contributed by atoms with van der Waals surface area (Å²) < 4.78 is 34.0. The summed E-state index contributed by atoms with van der Waals surface area (Å²) >= 11 is 0. The van der Waals surface area contributed by atoms with Crippen LogP contribution in [0.5, 0.6) is 5.75 Å². The van der Waals surface area contributed by atoms with Gasteiger partial charge in [0, 0.05) is 11.1 Å². The Morgan fingerprint density at radius 2 is 1.50 bits per heavy atom. The molecule has 0 fully saturated rings. The normalized spacial score (nSPS) is 11.7. The van der Waals surface area contributed by atoms with Crippen molar-refractivity contribution in [2.45, 2.75) is 32.6 Å². The van der Waals surface area contributed by atoms with Gasteiger partial charge >= 0.3 is 5.97 Å². The Morgan fingerprint density at radius 1 is 0.964 bits per heavy atom. The summed E-state index contributed by atoms with van der Waals surface area (Å²) in [4.78, 5) is 11.5. The quantitative estimate of drug-likeness (QED) is 0.199. The molecule has 0 saturated heterocycles. The van der Waals surface area contributed by atoms with Gasteiger partial charge in [0.05, 0.1) is 12.2 Å². The first-order valence-corrected chi connectivity index (χ1v) is 9.22. The molecule has 0 aliphatic carbocycles. The van der Waals surface area contributed by atoms with E-state index in [4.69, 9.17) is 9.84 Å². The van der Waals surface area contributed by atoms with Crippen LogP contribution in [0.3, 0.4) is 0 Å². The van der Waals surface area contributed by atoms with E-state index in [1.54, 1.807) is 12.1 Å². The monoisotopic (exact) mass is 386 g/mol. The summed E-state index contributed by atoms with van der Waals surface area (Å²) in [5, 5.41) is 8.84. The molecule has 148 valence electrons. The highest BCUT2D eigenvalue weighted by atomic mass is 19.2. The lowest BCUT2D eigenvalue weighted by Crippen LogP contribution is -2.12. The molecule has 0 spiro atoms. The van der Waals surface area contributed by atoms with Gasteiger partial charge in [-0.15, -0.1) is 0 Å². The molecule has 0 aromatic heterocycles. The number of ether oxygens (including phenoxy) is 1. The van der Waals surface area contributed by atoms with E-state index >= 15 is 0 Å². The van der Waals surface area contributed by atoms with Crippen LogP contribution in [0.1, 0.15) is 42.9 Å². The van der Waals surface area contributed by atoms with Gasteiger partial charge in [-0.2, -0.15) is 0 Å². The number of aliphatic hydroxyl groups excluding tert-OH is 1. The largest absolute Gasteiger partial charge is 0.423 e. The number of unbranched alkanes of at least 4 members (excludes halogenated alkanes) is 2. The second-order valence-electron chi connectivity index (χ2n) is 6.46. The highest BCUT2D eigenvalue weighted by Crippen LogP contribution is 2.30. The van der Waals surface area contributed by atoms with Gasteiger partial charge in [0.25, 0.3) is 0 Å². The maximum atomic E-state index is 14.5. The summed E-state index contributed by atoms with van der Waals surface area (Å²) in [6, 6.07) is 12.1. The molecule has 5 heteroatoms. The molecule has 1 N–H and O–H groups in total. The zero-order valence-corrected chi connectivity index (χ0v) is 15.9. The van der Waals surface area contributed by atoms with Crippen LogP contribution in [-0.4, -0.2) is 17.7 Å². The third-order valence-corrected chi connectivity index (χ3v) is 4.27. The molecule has 0 radical (unpaired) electrons. The molecule has 3 nitrogen and oxygen atoms in total. The molecule has 2 aromatic rings. The molecule has 28 heavy (non-hydrogen) atoms. The van der Waals surface area contributed by atoms with Gasteiger partial charge in [-0.25, -0.2) is 13.6 Å². The van der Waals surface area contributed by atoms with Crippen molar-refractivity contribution in [3.8, 4) is 5.75 Å². The van der Waals surface area contributed by atoms with E-state index in [-0.39, 0.29) is 22.4 Å². The molecule has 0 heterocycles. The smallest absolute Gasteiger partial charge is 0.341 e. The minimum absolute atomic E-state index is 0.0327. The molecule has 2 rings (SSSR count). The number of carbonyl (C=O) groups excluding carboxylic acids is 1. The number of carbonyl (C=O) groups is 1. The summed E-state index contributed by atoms with van der Waals surface area (Å²) in [7, 11) is 0. The van der Waals surface area contributed by atoms with Crippen molar-refractivity contribution in [3.63, 3.8) is 0 Å². The van der Waals surface area contributed by atoms with Crippen LogP contribution in [-0.2, 0) is 11.2 Å². The average Bonchev–Trinajstić information content (AvgIpc) is 2.73. The molecule has 0 unspecified atom stereocenters. The van der Waals surface area contributed by atoms with Crippen LogP contribution < -0.4 is 4.74 Å². The first-order valence-electron chi connectivity index (χ1n) is 9.22. The Morgan fingerprint density at radius 3 is 2.00 bits per heavy atom. The fourth-order valence-electron chi connectivity index (χ4n) is 2.56. The maximum Gasteiger partial charge on any atom is 0.341 e. The summed E-state index contributed by atoms with van der Waals surface area (Å²) in [5.41, 5.74) is 1.21. The number of aliphatic hydroxyl groups is 1. The standard InChI is InChI=1S/C23H24F2O3/c1-3-4-5-6-17-7-9-18(10-8-17)21(24)22(25)19-11-13-20(14-12-19)28-23(27)16(2)15-26/h7-14,26H,2-6,15H2,1H3/b22-21+. The van der Waals surface area contributed by atoms with Crippen LogP contribution in [0.2, 0.25) is 0 Å². The van der Waals surface area contributed by atoms with E-state index in [1.807, 2.05) is 12.1 Å². The fraction of sp³-hybridized carbons (Fsp3) is 0.261. The molecule has 0 aliphatic rings. The Hall–Kier alpha value is -2.79. The van der Waals surface area contributed by atoms with Crippen molar-refractivity contribution < 1.29 is 23.4 Å². The SMILES string of the molecule is C=C(CO)C(=O)Oc1ccc(/C(F)=C(\F)c2ccc(CCCCC)cc2)cc1. The summed E-state index contributed by atoms with van der Waals surface area (Å²) in [6.45, 7) is 4.97. The number of hydrogen-bond donors (Lipinski definition) is 1. The van der Waals surface area contributed by atoms with Gasteiger partial charge in [-0.05, 0) is 42.7 Å². The van der Waals surface area contributed by atoms with Crippen LogP contribution in [0.15, 0.2) is 60.7 Å². The third-order valence-electron chi connectivity index (χ3n) is 4.27. The lowest BCUT2D eigenvalue weighted by Gasteiger charge is -2.07. The predicted molar refractivity (Wildman–Crippen MR) is 107 cm³/mol. The Kier molecular flexibility index (Phi) is 8.08. The number of benzene rings is 2. The van der Waals surface area contributed by atoms with Gasteiger partial charge in [0.1, 0.15) is 5.75 Å². The molecule has 0 atom stereocenters. The van der Waals surface area contributed by atoms with E-state index in [0.29, 0.717) is 0 Å². The van der Waals surface area contributed by atoms with Gasteiger partial charge < -0.3 is 9.84 Å². The topological polar surface area (TPSA) is 46.5 Å². The number of hydrogen-bond acceptors (Lipinski definition) is 3. The van der Waals surface area contributed by atoms with E-state index in [1.165, 1.54) is 24.3 Å². The summed E-state index contributed by atoms with van der Waals surface area (Å²) in [5.74, 6) is -2.57. The Bertz CT molecular complexity index is 837. The van der Waals surface area contributed by atoms with Crippen molar-refractivity contribution >= 4 is 17.6 Å². The van der Waals surface area contributed by atoms with E-state index in [0.717, 1.165) is 31.2 Å². The van der Waals surface area contributed by atoms with Gasteiger partial charge in [0.2, 0.25) is 0 Å². The number of aryl methyl sites for hydroxylation is 1. The number of halogens is 2. The van der Waals surface area contributed by atoms with Gasteiger partial charge in [-0.3, -0.25) is 0 Å². The van der Waals surface area contributed by atoms with Crippen molar-refractivity contribution in [1.29, 1.82) is 0 Å². The lowest BCUT2D eigenvalue weighted by molar-refractivity contribution is -0.130. The predicted octanol–water partition coefficient (Wildman–Crippen LogP) is 5.64. The number of rotatable bonds is 9. The van der Waals surface area contributed by atoms with Crippen LogP contribution in [0.4, 0.5) is 8.78 Å². The molecule has 2 aromatic carbocycles. The first kappa shape index (κ1) is 21.5. The number of esters is 1. The highest BCUT2D eigenvalue weighted by Gasteiger charge is 2.13. The van der Waals surface area contributed by atoms with Crippen molar-refractivity contribution in [3.05, 3.63) is 77.4 Å². The minimum atomic E-state index is -0.989. The van der Waals surface area contributed by atoms with Crippen molar-refractivity contribution in [2.24, 2.45) is 0 Å². The molecule has 0 saturated carbocycles. The molecule has 0 amide bonds. The van der Waals surface area contributed by atoms with E-state index in [9.17, 15) is 13.6 Å². The maximum absolute atomic E-state index is 14.5. The first-order chi connectivity index (χ1) is 13.5. The Labute approximate surface area is 164 Å². The molecular weight excluding hydrogens is 362 g/mol. The second kappa shape index (κ2) is 10.5. The van der Waals surface area contributed by atoms with Gasteiger partial charge in [0.15, 0.2) is 11.7 Å². The van der Waals surface area contributed by atoms with Gasteiger partial charge in [-0.1, -0.05) is 50.6 Å². The highest BCUT2D eigenvalue weighted by molar-refractivity contribution is 5.89. The van der Waals surface area contributed by atoms with Crippen molar-refractivity contribution in [2.75, 3.05) is 6.61 Å². The third kappa shape index (κ3) is 5.86.